The van der Waals surface area contributed by atoms with Crippen molar-refractivity contribution in [1.29, 1.82) is 5.26 Å². The van der Waals surface area contributed by atoms with Crippen LogP contribution < -0.4 is 10.8 Å². The summed E-state index contributed by atoms with van der Waals surface area (Å²) in [5.74, 6) is -0.334. The third kappa shape index (κ3) is 3.23. The maximum atomic E-state index is 12.0. The minimum absolute atomic E-state index is 0.294. The monoisotopic (exact) mass is 266 g/mol. The normalized spacial score (nSPS) is 9.65. The molecule has 0 saturated heterocycles. The van der Waals surface area contributed by atoms with Gasteiger partial charge >= 0.3 is 7.12 Å². The molecule has 2 rings (SSSR count). The first-order chi connectivity index (χ1) is 9.60. The lowest BCUT2D eigenvalue weighted by Crippen LogP contribution is -2.30. The van der Waals surface area contributed by atoms with Crippen molar-refractivity contribution >= 4 is 24.2 Å². The van der Waals surface area contributed by atoms with Gasteiger partial charge in [0.15, 0.2) is 0 Å². The number of amides is 1. The summed E-state index contributed by atoms with van der Waals surface area (Å²) in [6.07, 6.45) is 0. The Morgan fingerprint density at radius 3 is 2.45 bits per heavy atom. The Bertz CT molecular complexity index is 663. The van der Waals surface area contributed by atoms with Crippen molar-refractivity contribution in [1.82, 2.24) is 0 Å². The Kier molecular flexibility index (Phi) is 4.16. The van der Waals surface area contributed by atoms with E-state index in [0.717, 1.165) is 0 Å². The molecule has 6 heteroatoms. The molecule has 0 aliphatic heterocycles. The summed E-state index contributed by atoms with van der Waals surface area (Å²) in [4.78, 5) is 12.0. The Morgan fingerprint density at radius 1 is 1.15 bits per heavy atom. The van der Waals surface area contributed by atoms with Gasteiger partial charge in [0.25, 0.3) is 5.91 Å². The van der Waals surface area contributed by atoms with Crippen LogP contribution in [0.5, 0.6) is 0 Å². The van der Waals surface area contributed by atoms with Crippen LogP contribution in [0.4, 0.5) is 5.69 Å². The summed E-state index contributed by atoms with van der Waals surface area (Å²) in [5, 5.41) is 29.5. The zero-order valence-electron chi connectivity index (χ0n) is 10.4. The average molecular weight is 266 g/mol. The highest BCUT2D eigenvalue weighted by atomic mass is 16.4. The minimum atomic E-state index is -1.58. The van der Waals surface area contributed by atoms with E-state index in [4.69, 9.17) is 15.3 Å². The van der Waals surface area contributed by atoms with Gasteiger partial charge in [-0.05, 0) is 41.9 Å². The van der Waals surface area contributed by atoms with E-state index in [1.165, 1.54) is 6.07 Å². The maximum Gasteiger partial charge on any atom is 0.488 e. The predicted molar refractivity (Wildman–Crippen MR) is 75.4 cm³/mol. The fourth-order valence-corrected chi connectivity index (χ4v) is 1.68. The summed E-state index contributed by atoms with van der Waals surface area (Å²) < 4.78 is 0. The van der Waals surface area contributed by atoms with E-state index in [2.05, 4.69) is 5.32 Å². The van der Waals surface area contributed by atoms with Crippen molar-refractivity contribution in [2.45, 2.75) is 0 Å². The molecule has 0 aromatic heterocycles. The highest BCUT2D eigenvalue weighted by Crippen LogP contribution is 2.09. The topological polar surface area (TPSA) is 93.4 Å². The standard InChI is InChI=1S/C14H11BN2O3/c16-9-10-4-6-11(7-5-10)14(18)17-13-3-1-2-12(8-13)15(19)20/h1-8,19-20H,(H,17,18). The van der Waals surface area contributed by atoms with Crippen LogP contribution in [0, 0.1) is 11.3 Å². The van der Waals surface area contributed by atoms with Crippen LogP contribution in [0.2, 0.25) is 0 Å². The Labute approximate surface area is 116 Å². The molecule has 0 saturated carbocycles. The van der Waals surface area contributed by atoms with Crippen LogP contribution in [-0.2, 0) is 0 Å². The number of anilines is 1. The SMILES string of the molecule is N#Cc1ccc(C(=O)Nc2cccc(B(O)O)c2)cc1. The number of benzene rings is 2. The first-order valence-electron chi connectivity index (χ1n) is 5.88. The second-order valence-electron chi connectivity index (χ2n) is 4.14. The number of nitrogens with zero attached hydrogens (tertiary/aromatic N) is 1. The zero-order chi connectivity index (χ0) is 14.5. The fourth-order valence-electron chi connectivity index (χ4n) is 1.68. The van der Waals surface area contributed by atoms with Crippen LogP contribution in [0.3, 0.4) is 0 Å². The minimum Gasteiger partial charge on any atom is -0.423 e. The molecule has 2 aromatic carbocycles. The van der Waals surface area contributed by atoms with E-state index < -0.39 is 7.12 Å². The van der Waals surface area contributed by atoms with Gasteiger partial charge in [0.05, 0.1) is 11.6 Å². The second kappa shape index (κ2) is 6.02. The van der Waals surface area contributed by atoms with Gasteiger partial charge in [0.2, 0.25) is 0 Å². The van der Waals surface area contributed by atoms with E-state index in [1.807, 2.05) is 6.07 Å². The molecule has 0 unspecified atom stereocenters. The summed E-state index contributed by atoms with van der Waals surface area (Å²) in [6.45, 7) is 0. The Hall–Kier alpha value is -2.62. The van der Waals surface area contributed by atoms with Crippen molar-refractivity contribution in [3.8, 4) is 6.07 Å². The van der Waals surface area contributed by atoms with Crippen molar-refractivity contribution in [2.24, 2.45) is 0 Å². The molecule has 98 valence electrons. The summed E-state index contributed by atoms with van der Waals surface area (Å²) >= 11 is 0. The lowest BCUT2D eigenvalue weighted by molar-refractivity contribution is 0.102. The third-order valence-electron chi connectivity index (χ3n) is 2.72. The van der Waals surface area contributed by atoms with E-state index in [-0.39, 0.29) is 5.91 Å². The van der Waals surface area contributed by atoms with Crippen molar-refractivity contribution < 1.29 is 14.8 Å². The third-order valence-corrected chi connectivity index (χ3v) is 2.72. The number of nitrogens with one attached hydrogen (secondary N) is 1. The number of carbonyl (C=O) groups is 1. The summed E-state index contributed by atoms with van der Waals surface area (Å²) in [6, 6.07) is 14.5. The van der Waals surface area contributed by atoms with E-state index in [1.54, 1.807) is 42.5 Å². The van der Waals surface area contributed by atoms with Gasteiger partial charge < -0.3 is 15.4 Å². The molecule has 0 bridgehead atoms. The first-order valence-corrected chi connectivity index (χ1v) is 5.88. The Morgan fingerprint density at radius 2 is 1.85 bits per heavy atom. The molecule has 20 heavy (non-hydrogen) atoms. The maximum absolute atomic E-state index is 12.0. The van der Waals surface area contributed by atoms with Crippen LogP contribution in [0.25, 0.3) is 0 Å². The molecular weight excluding hydrogens is 255 g/mol. The number of carbonyl (C=O) groups excluding carboxylic acids is 1. The number of hydrogen-bond donors (Lipinski definition) is 3. The molecule has 1 amide bonds. The van der Waals surface area contributed by atoms with Gasteiger partial charge in [-0.2, -0.15) is 5.26 Å². The van der Waals surface area contributed by atoms with Crippen molar-refractivity contribution in [2.75, 3.05) is 5.32 Å². The molecule has 3 N–H and O–H groups in total. The molecule has 5 nitrogen and oxygen atoms in total. The molecule has 0 aliphatic rings. The molecule has 2 aromatic rings. The zero-order valence-corrected chi connectivity index (χ0v) is 10.4. The molecule has 0 radical (unpaired) electrons. The number of rotatable bonds is 3. The first kappa shape index (κ1) is 13.8. The van der Waals surface area contributed by atoms with E-state index in [0.29, 0.717) is 22.3 Å². The van der Waals surface area contributed by atoms with Crippen LogP contribution in [0.1, 0.15) is 15.9 Å². The quantitative estimate of drug-likeness (QED) is 0.705. The lowest BCUT2D eigenvalue weighted by atomic mass is 9.80. The largest absolute Gasteiger partial charge is 0.488 e. The Balaban J connectivity index is 2.15. The van der Waals surface area contributed by atoms with Gasteiger partial charge in [-0.1, -0.05) is 12.1 Å². The van der Waals surface area contributed by atoms with Gasteiger partial charge in [-0.3, -0.25) is 4.79 Å². The van der Waals surface area contributed by atoms with E-state index in [9.17, 15) is 4.79 Å². The van der Waals surface area contributed by atoms with Crippen LogP contribution >= 0.6 is 0 Å². The molecule has 0 fully saturated rings. The lowest BCUT2D eigenvalue weighted by Gasteiger charge is -2.07. The molecule has 0 heterocycles. The number of hydrogen-bond acceptors (Lipinski definition) is 4. The smallest absolute Gasteiger partial charge is 0.423 e. The average Bonchev–Trinajstić information content (AvgIpc) is 2.47. The molecule has 0 spiro atoms. The van der Waals surface area contributed by atoms with Gasteiger partial charge in [0, 0.05) is 11.3 Å². The van der Waals surface area contributed by atoms with Crippen molar-refractivity contribution in [3.63, 3.8) is 0 Å². The van der Waals surface area contributed by atoms with Gasteiger partial charge in [-0.25, -0.2) is 0 Å². The summed E-state index contributed by atoms with van der Waals surface area (Å²) in [5.41, 5.74) is 1.65. The van der Waals surface area contributed by atoms with Crippen LogP contribution in [0.15, 0.2) is 48.5 Å². The highest BCUT2D eigenvalue weighted by Gasteiger charge is 2.12. The summed E-state index contributed by atoms with van der Waals surface area (Å²) in [7, 11) is -1.58. The van der Waals surface area contributed by atoms with Gasteiger partial charge in [-0.15, -0.1) is 0 Å². The molecule has 0 aliphatic carbocycles. The highest BCUT2D eigenvalue weighted by molar-refractivity contribution is 6.58. The van der Waals surface area contributed by atoms with Crippen molar-refractivity contribution in [3.05, 3.63) is 59.7 Å². The second-order valence-corrected chi connectivity index (χ2v) is 4.14. The van der Waals surface area contributed by atoms with Crippen LogP contribution in [-0.4, -0.2) is 23.1 Å². The van der Waals surface area contributed by atoms with E-state index >= 15 is 0 Å². The number of nitriles is 1. The fraction of sp³-hybridized carbons (Fsp3) is 0. The molecule has 0 atom stereocenters. The van der Waals surface area contributed by atoms with Gasteiger partial charge in [0.1, 0.15) is 0 Å². The predicted octanol–water partition coefficient (Wildman–Crippen LogP) is 0.490. The molecular formula is C14H11BN2O3.